The standard InChI is InChI=1S/C16H20F3N3O2/c17-11-2-3-12(16(19)15(11)18)22-14(24)9-21-13(23)4-1-10-5-7-20-8-6-10/h2-3,10,20H,1,4-9H2,(H,21,23)(H,22,24). The van der Waals surface area contributed by atoms with Crippen LogP contribution in [0.3, 0.4) is 0 Å². The van der Waals surface area contributed by atoms with Crippen LogP contribution in [0.5, 0.6) is 0 Å². The number of anilines is 1. The Bertz CT molecular complexity index is 604. The molecule has 0 aromatic heterocycles. The molecule has 0 saturated carbocycles. The lowest BCUT2D eigenvalue weighted by Crippen LogP contribution is -2.34. The Hall–Kier alpha value is -2.09. The van der Waals surface area contributed by atoms with Crippen LogP contribution in [-0.4, -0.2) is 31.4 Å². The quantitative estimate of drug-likeness (QED) is 0.692. The van der Waals surface area contributed by atoms with E-state index >= 15 is 0 Å². The van der Waals surface area contributed by atoms with E-state index in [9.17, 15) is 22.8 Å². The summed E-state index contributed by atoms with van der Waals surface area (Å²) in [6.45, 7) is 1.55. The molecule has 0 spiro atoms. The van der Waals surface area contributed by atoms with E-state index in [-0.39, 0.29) is 12.5 Å². The SMILES string of the molecule is O=C(CCC1CCNCC1)NCC(=O)Nc1ccc(F)c(F)c1F. The molecule has 3 N–H and O–H groups in total. The van der Waals surface area contributed by atoms with E-state index in [0.717, 1.165) is 38.4 Å². The molecular weight excluding hydrogens is 323 g/mol. The fourth-order valence-corrected chi connectivity index (χ4v) is 2.59. The van der Waals surface area contributed by atoms with Crippen LogP contribution >= 0.6 is 0 Å². The zero-order valence-corrected chi connectivity index (χ0v) is 13.1. The van der Waals surface area contributed by atoms with Crippen LogP contribution < -0.4 is 16.0 Å². The lowest BCUT2D eigenvalue weighted by atomic mass is 9.93. The average Bonchev–Trinajstić information content (AvgIpc) is 2.59. The molecule has 2 amide bonds. The molecule has 0 bridgehead atoms. The molecule has 1 heterocycles. The Kier molecular flexibility index (Phi) is 6.60. The third kappa shape index (κ3) is 5.23. The van der Waals surface area contributed by atoms with Crippen LogP contribution in [0.2, 0.25) is 0 Å². The van der Waals surface area contributed by atoms with Gasteiger partial charge in [0.05, 0.1) is 12.2 Å². The van der Waals surface area contributed by atoms with Gasteiger partial charge in [-0.3, -0.25) is 9.59 Å². The zero-order valence-electron chi connectivity index (χ0n) is 13.1. The van der Waals surface area contributed by atoms with Crippen molar-refractivity contribution in [3.05, 3.63) is 29.6 Å². The molecule has 1 aromatic carbocycles. The molecule has 5 nitrogen and oxygen atoms in total. The van der Waals surface area contributed by atoms with Crippen LogP contribution in [-0.2, 0) is 9.59 Å². The van der Waals surface area contributed by atoms with E-state index in [2.05, 4.69) is 16.0 Å². The lowest BCUT2D eigenvalue weighted by molar-refractivity contribution is -0.124. The van der Waals surface area contributed by atoms with Crippen LogP contribution in [0.25, 0.3) is 0 Å². The third-order valence-electron chi connectivity index (χ3n) is 3.99. The summed E-state index contributed by atoms with van der Waals surface area (Å²) in [5.41, 5.74) is -0.470. The first-order chi connectivity index (χ1) is 11.5. The van der Waals surface area contributed by atoms with Crippen molar-refractivity contribution in [3.63, 3.8) is 0 Å². The highest BCUT2D eigenvalue weighted by Gasteiger charge is 2.17. The van der Waals surface area contributed by atoms with E-state index in [1.165, 1.54) is 0 Å². The van der Waals surface area contributed by atoms with Gasteiger partial charge in [0.25, 0.3) is 0 Å². The first-order valence-electron chi connectivity index (χ1n) is 7.88. The highest BCUT2D eigenvalue weighted by atomic mass is 19.2. The van der Waals surface area contributed by atoms with Crippen molar-refractivity contribution in [2.45, 2.75) is 25.7 Å². The zero-order chi connectivity index (χ0) is 17.5. The molecule has 1 aromatic rings. The largest absolute Gasteiger partial charge is 0.347 e. The molecule has 2 rings (SSSR count). The summed E-state index contributed by atoms with van der Waals surface area (Å²) >= 11 is 0. The number of carbonyl (C=O) groups is 2. The van der Waals surface area contributed by atoms with E-state index in [1.54, 1.807) is 0 Å². The van der Waals surface area contributed by atoms with Gasteiger partial charge in [-0.1, -0.05) is 0 Å². The van der Waals surface area contributed by atoms with Crippen molar-refractivity contribution in [3.8, 4) is 0 Å². The molecule has 1 saturated heterocycles. The normalized spacial score (nSPS) is 15.1. The monoisotopic (exact) mass is 343 g/mol. The van der Waals surface area contributed by atoms with E-state index in [4.69, 9.17) is 0 Å². The van der Waals surface area contributed by atoms with E-state index < -0.39 is 29.0 Å². The predicted octanol–water partition coefficient (Wildman–Crippen LogP) is 1.94. The van der Waals surface area contributed by atoms with Gasteiger partial charge >= 0.3 is 0 Å². The van der Waals surface area contributed by atoms with Crippen molar-refractivity contribution in [2.24, 2.45) is 5.92 Å². The molecule has 8 heteroatoms. The molecule has 0 unspecified atom stereocenters. The van der Waals surface area contributed by atoms with Crippen LogP contribution in [0.1, 0.15) is 25.7 Å². The Balaban J connectivity index is 1.72. The Morgan fingerprint density at radius 1 is 1.08 bits per heavy atom. The smallest absolute Gasteiger partial charge is 0.243 e. The fraction of sp³-hybridized carbons (Fsp3) is 0.500. The van der Waals surface area contributed by atoms with Gasteiger partial charge in [0.1, 0.15) is 0 Å². The number of carbonyl (C=O) groups excluding carboxylic acids is 2. The minimum Gasteiger partial charge on any atom is -0.347 e. The van der Waals surface area contributed by atoms with E-state index in [0.29, 0.717) is 18.4 Å². The Labute approximate surface area is 138 Å². The number of hydrogen-bond donors (Lipinski definition) is 3. The minimum absolute atomic E-state index is 0.269. The number of piperidine rings is 1. The first kappa shape index (κ1) is 18.3. The molecule has 1 aliphatic heterocycles. The first-order valence-corrected chi connectivity index (χ1v) is 7.88. The van der Waals surface area contributed by atoms with Crippen LogP contribution in [0.15, 0.2) is 12.1 Å². The Morgan fingerprint density at radius 2 is 1.79 bits per heavy atom. The van der Waals surface area contributed by atoms with Crippen molar-refractivity contribution >= 4 is 17.5 Å². The summed E-state index contributed by atoms with van der Waals surface area (Å²) in [4.78, 5) is 23.4. The van der Waals surface area contributed by atoms with Crippen molar-refractivity contribution in [1.29, 1.82) is 0 Å². The van der Waals surface area contributed by atoms with Crippen molar-refractivity contribution in [2.75, 3.05) is 25.0 Å². The molecule has 0 aliphatic carbocycles. The third-order valence-corrected chi connectivity index (χ3v) is 3.99. The number of hydrogen-bond acceptors (Lipinski definition) is 3. The van der Waals surface area contributed by atoms with Crippen molar-refractivity contribution in [1.82, 2.24) is 10.6 Å². The number of benzene rings is 1. The van der Waals surface area contributed by atoms with Gasteiger partial charge in [-0.15, -0.1) is 0 Å². The van der Waals surface area contributed by atoms with Gasteiger partial charge < -0.3 is 16.0 Å². The summed E-state index contributed by atoms with van der Waals surface area (Å²) in [6, 6.07) is 1.64. The minimum atomic E-state index is -1.65. The predicted molar refractivity (Wildman–Crippen MR) is 82.8 cm³/mol. The number of nitrogens with one attached hydrogen (secondary N) is 3. The van der Waals surface area contributed by atoms with Gasteiger partial charge in [-0.2, -0.15) is 0 Å². The second kappa shape index (κ2) is 8.68. The summed E-state index contributed by atoms with van der Waals surface area (Å²) in [5, 5.41) is 7.77. The highest BCUT2D eigenvalue weighted by molar-refractivity contribution is 5.94. The van der Waals surface area contributed by atoms with Gasteiger partial charge in [-0.25, -0.2) is 13.2 Å². The van der Waals surface area contributed by atoms with Crippen LogP contribution in [0, 0.1) is 23.4 Å². The summed E-state index contributed by atoms with van der Waals surface area (Å²) in [7, 11) is 0. The lowest BCUT2D eigenvalue weighted by Gasteiger charge is -2.22. The maximum atomic E-state index is 13.4. The van der Waals surface area contributed by atoms with Crippen LogP contribution in [0.4, 0.5) is 18.9 Å². The van der Waals surface area contributed by atoms with Gasteiger partial charge in [-0.05, 0) is 50.4 Å². The maximum absolute atomic E-state index is 13.4. The molecule has 132 valence electrons. The summed E-state index contributed by atoms with van der Waals surface area (Å²) in [5.74, 6) is -4.94. The second-order valence-corrected chi connectivity index (χ2v) is 5.78. The molecule has 1 fully saturated rings. The number of halogens is 3. The number of rotatable bonds is 6. The maximum Gasteiger partial charge on any atom is 0.243 e. The van der Waals surface area contributed by atoms with Gasteiger partial charge in [0, 0.05) is 6.42 Å². The molecule has 1 aliphatic rings. The Morgan fingerprint density at radius 3 is 2.50 bits per heavy atom. The molecule has 0 radical (unpaired) electrons. The highest BCUT2D eigenvalue weighted by Crippen LogP contribution is 2.19. The summed E-state index contributed by atoms with van der Waals surface area (Å²) < 4.78 is 39.3. The molecule has 0 atom stereocenters. The topological polar surface area (TPSA) is 70.2 Å². The fourth-order valence-electron chi connectivity index (χ4n) is 2.59. The van der Waals surface area contributed by atoms with Crippen molar-refractivity contribution < 1.29 is 22.8 Å². The number of amides is 2. The second-order valence-electron chi connectivity index (χ2n) is 5.78. The van der Waals surface area contributed by atoms with Gasteiger partial charge in [0.2, 0.25) is 11.8 Å². The molecule has 24 heavy (non-hydrogen) atoms. The van der Waals surface area contributed by atoms with E-state index in [1.807, 2.05) is 0 Å². The average molecular weight is 343 g/mol. The van der Waals surface area contributed by atoms with Gasteiger partial charge in [0.15, 0.2) is 17.5 Å². The summed E-state index contributed by atoms with van der Waals surface area (Å²) in [6.07, 6.45) is 3.14. The molecular formula is C16H20F3N3O2.